The number of carboxylic acids is 2. The monoisotopic (exact) mass is 418 g/mol. The topological polar surface area (TPSA) is 80.3 Å². The molecule has 0 heterocycles. The minimum absolute atomic E-state index is 0. The quantitative estimate of drug-likeness (QED) is 0.180. The molecule has 6 heteroatoms. The maximum Gasteiger partial charge on any atom is 1.00 e. The van der Waals surface area contributed by atoms with E-state index in [1.165, 1.54) is 70.6 Å². The van der Waals surface area contributed by atoms with E-state index in [0.717, 1.165) is 19.3 Å². The number of carbonyl (C=O) groups excluding carboxylic acids is 2. The van der Waals surface area contributed by atoms with Crippen LogP contribution in [0.3, 0.4) is 0 Å². The molecule has 142 valence electrons. The molecule has 0 fully saturated rings. The van der Waals surface area contributed by atoms with Gasteiger partial charge >= 0.3 is 103 Å². The number of hydrogen-bond acceptors (Lipinski definition) is 4. The molecule has 0 aromatic heterocycles. The van der Waals surface area contributed by atoms with Crippen LogP contribution in [0.25, 0.3) is 0 Å². The SMILES string of the molecule is CCCCCCCCCCCCCCCCC(CC(=O)[O-])C(=O)[O-].[K+].[K+]. The molecule has 0 rings (SSSR count). The first-order valence-electron chi connectivity index (χ1n) is 9.98. The van der Waals surface area contributed by atoms with Gasteiger partial charge in [-0.15, -0.1) is 0 Å². The van der Waals surface area contributed by atoms with Crippen LogP contribution in [0.5, 0.6) is 0 Å². The van der Waals surface area contributed by atoms with E-state index >= 15 is 0 Å². The smallest absolute Gasteiger partial charge is 0.550 e. The van der Waals surface area contributed by atoms with Gasteiger partial charge < -0.3 is 19.8 Å². The number of unbranched alkanes of at least 4 members (excludes halogenated alkanes) is 13. The van der Waals surface area contributed by atoms with Crippen molar-refractivity contribution >= 4 is 11.9 Å². The molecule has 0 aliphatic heterocycles. The zero-order chi connectivity index (χ0) is 18.0. The number of hydrogen-bond donors (Lipinski definition) is 0. The van der Waals surface area contributed by atoms with E-state index in [2.05, 4.69) is 6.92 Å². The Morgan fingerprint density at radius 3 is 1.31 bits per heavy atom. The molecule has 0 amide bonds. The minimum atomic E-state index is -1.31. The zero-order valence-corrected chi connectivity index (χ0v) is 23.8. The summed E-state index contributed by atoms with van der Waals surface area (Å²) in [6, 6.07) is 0. The molecule has 0 aromatic carbocycles. The minimum Gasteiger partial charge on any atom is -0.550 e. The van der Waals surface area contributed by atoms with Gasteiger partial charge in [0, 0.05) is 17.9 Å². The molecule has 1 unspecified atom stereocenters. The van der Waals surface area contributed by atoms with Crippen LogP contribution in [0.2, 0.25) is 0 Å². The normalized spacial score (nSPS) is 11.3. The Balaban J connectivity index is -0.00000264. The second kappa shape index (κ2) is 25.2. The van der Waals surface area contributed by atoms with E-state index in [1.54, 1.807) is 0 Å². The zero-order valence-electron chi connectivity index (χ0n) is 17.5. The third kappa shape index (κ3) is 24.3. The Hall–Kier alpha value is 2.21. The van der Waals surface area contributed by atoms with Crippen molar-refractivity contribution in [3.05, 3.63) is 0 Å². The molecule has 0 spiro atoms. The third-order valence-electron chi connectivity index (χ3n) is 4.65. The van der Waals surface area contributed by atoms with Crippen LogP contribution in [0.1, 0.15) is 110 Å². The molecular weight excluding hydrogens is 382 g/mol. The summed E-state index contributed by atoms with van der Waals surface area (Å²) in [4.78, 5) is 21.3. The summed E-state index contributed by atoms with van der Waals surface area (Å²) >= 11 is 0. The number of rotatable bonds is 18. The Bertz CT molecular complexity index is 325. The van der Waals surface area contributed by atoms with Gasteiger partial charge in [0.05, 0.1) is 0 Å². The molecule has 0 aromatic rings. The van der Waals surface area contributed by atoms with Gasteiger partial charge in [0.2, 0.25) is 0 Å². The predicted octanol–water partition coefficient (Wildman–Crippen LogP) is -2.63. The third-order valence-corrected chi connectivity index (χ3v) is 4.65. The molecular formula is C20H36K2O4. The van der Waals surface area contributed by atoms with Crippen molar-refractivity contribution in [1.29, 1.82) is 0 Å². The van der Waals surface area contributed by atoms with Crippen molar-refractivity contribution in [3.8, 4) is 0 Å². The first kappa shape index (κ1) is 32.9. The van der Waals surface area contributed by atoms with E-state index in [9.17, 15) is 19.8 Å². The molecule has 26 heavy (non-hydrogen) atoms. The summed E-state index contributed by atoms with van der Waals surface area (Å²) in [6.07, 6.45) is 17.4. The van der Waals surface area contributed by atoms with E-state index in [-0.39, 0.29) is 103 Å². The van der Waals surface area contributed by atoms with Gasteiger partial charge in [-0.2, -0.15) is 0 Å². The second-order valence-corrected chi connectivity index (χ2v) is 6.98. The molecule has 0 N–H and O–H groups in total. The summed E-state index contributed by atoms with van der Waals surface area (Å²) in [7, 11) is 0. The fourth-order valence-corrected chi connectivity index (χ4v) is 3.09. The van der Waals surface area contributed by atoms with E-state index in [4.69, 9.17) is 0 Å². The summed E-state index contributed by atoms with van der Waals surface area (Å²) in [5, 5.41) is 21.3. The summed E-state index contributed by atoms with van der Waals surface area (Å²) in [6.45, 7) is 2.25. The second-order valence-electron chi connectivity index (χ2n) is 6.98. The molecule has 0 aliphatic carbocycles. The van der Waals surface area contributed by atoms with Crippen LogP contribution in [0, 0.1) is 5.92 Å². The van der Waals surface area contributed by atoms with Crippen molar-refractivity contribution in [3.63, 3.8) is 0 Å². The van der Waals surface area contributed by atoms with Gasteiger partial charge in [-0.05, 0) is 12.8 Å². The van der Waals surface area contributed by atoms with Crippen molar-refractivity contribution < 1.29 is 123 Å². The molecule has 0 saturated heterocycles. The molecule has 0 aliphatic rings. The van der Waals surface area contributed by atoms with Gasteiger partial charge in [-0.1, -0.05) is 96.8 Å². The molecule has 0 bridgehead atoms. The van der Waals surface area contributed by atoms with Gasteiger partial charge in [0.15, 0.2) is 0 Å². The standard InChI is InChI=1S/C20H38O4.2K/c1-2-3-4-5-6-7-8-9-10-11-12-13-14-15-16-18(20(23)24)17-19(21)22;;/h18H,2-17H2,1H3,(H,21,22)(H,23,24);;/q;2*+1/p-2. The number of carboxylic acid groups (broad SMARTS) is 2. The number of carbonyl (C=O) groups is 2. The number of aliphatic carboxylic acids is 2. The van der Waals surface area contributed by atoms with Gasteiger partial charge in [0.1, 0.15) is 0 Å². The van der Waals surface area contributed by atoms with Gasteiger partial charge in [-0.25, -0.2) is 0 Å². The van der Waals surface area contributed by atoms with Gasteiger partial charge in [-0.3, -0.25) is 0 Å². The van der Waals surface area contributed by atoms with Crippen LogP contribution in [0.4, 0.5) is 0 Å². The molecule has 0 radical (unpaired) electrons. The van der Waals surface area contributed by atoms with Crippen molar-refractivity contribution in [2.45, 2.75) is 110 Å². The maximum atomic E-state index is 10.8. The average molecular weight is 419 g/mol. The van der Waals surface area contributed by atoms with Crippen LogP contribution < -0.4 is 113 Å². The van der Waals surface area contributed by atoms with Gasteiger partial charge in [0.25, 0.3) is 0 Å². The van der Waals surface area contributed by atoms with Crippen molar-refractivity contribution in [2.24, 2.45) is 5.92 Å². The maximum absolute atomic E-state index is 10.8. The van der Waals surface area contributed by atoms with E-state index in [1.807, 2.05) is 0 Å². The van der Waals surface area contributed by atoms with Crippen LogP contribution in [-0.4, -0.2) is 11.9 Å². The first-order valence-corrected chi connectivity index (χ1v) is 9.98. The molecule has 1 atom stereocenters. The average Bonchev–Trinajstić information content (AvgIpc) is 2.53. The summed E-state index contributed by atoms with van der Waals surface area (Å²) < 4.78 is 0. The molecule has 4 nitrogen and oxygen atoms in total. The Kier molecular flexibility index (Phi) is 31.9. The molecule has 0 saturated carbocycles. The Morgan fingerprint density at radius 1 is 0.654 bits per heavy atom. The first-order chi connectivity index (χ1) is 11.6. The Labute approximate surface area is 245 Å². The van der Waals surface area contributed by atoms with E-state index < -0.39 is 24.3 Å². The van der Waals surface area contributed by atoms with Crippen LogP contribution in [-0.2, 0) is 9.59 Å². The van der Waals surface area contributed by atoms with Crippen molar-refractivity contribution in [1.82, 2.24) is 0 Å². The van der Waals surface area contributed by atoms with Crippen LogP contribution in [0.15, 0.2) is 0 Å². The summed E-state index contributed by atoms with van der Waals surface area (Å²) in [5.74, 6) is -3.48. The van der Waals surface area contributed by atoms with E-state index in [0.29, 0.717) is 6.42 Å². The largest absolute Gasteiger partial charge is 1.00 e. The fourth-order valence-electron chi connectivity index (χ4n) is 3.09. The predicted molar refractivity (Wildman–Crippen MR) is 93.1 cm³/mol. The summed E-state index contributed by atoms with van der Waals surface area (Å²) in [5.41, 5.74) is 0. The van der Waals surface area contributed by atoms with Crippen molar-refractivity contribution in [2.75, 3.05) is 0 Å². The fraction of sp³-hybridized carbons (Fsp3) is 0.900. The Morgan fingerprint density at radius 2 is 1.00 bits per heavy atom. The van der Waals surface area contributed by atoms with Crippen LogP contribution >= 0.6 is 0 Å².